The van der Waals surface area contributed by atoms with Crippen LogP contribution in [0.25, 0.3) is 33.4 Å². The Morgan fingerprint density at radius 1 is 0.186 bits per heavy atom. The van der Waals surface area contributed by atoms with E-state index in [1.165, 1.54) is 262 Å². The van der Waals surface area contributed by atoms with Gasteiger partial charge in [0, 0.05) is 5.41 Å². The van der Waals surface area contributed by atoms with Crippen molar-refractivity contribution >= 4 is 34.1 Å². The Bertz CT molecular complexity index is 4050. The van der Waals surface area contributed by atoms with Crippen LogP contribution in [-0.4, -0.2) is 0 Å². The summed E-state index contributed by atoms with van der Waals surface area (Å²) in [6.45, 7) is 83.2. The lowest BCUT2D eigenvalue weighted by Crippen LogP contribution is -2.22. The van der Waals surface area contributed by atoms with Gasteiger partial charge in [-0.3, -0.25) is 0 Å². The molecule has 0 unspecified atom stereocenters. The third kappa shape index (κ3) is 8.57. The highest BCUT2D eigenvalue weighted by atomic mass is 15.2. The second-order valence-corrected chi connectivity index (χ2v) is 28.2. The summed E-state index contributed by atoms with van der Waals surface area (Å²) in [4.78, 5) is 5.43. The van der Waals surface area contributed by atoms with Gasteiger partial charge in [0.1, 0.15) is 0 Å². The van der Waals surface area contributed by atoms with E-state index in [1.807, 2.05) is 0 Å². The van der Waals surface area contributed by atoms with Crippen LogP contribution in [0.1, 0.15) is 209 Å². The van der Waals surface area contributed by atoms with Crippen molar-refractivity contribution in [2.24, 2.45) is 0 Å². The summed E-state index contributed by atoms with van der Waals surface area (Å²) < 4.78 is 0. The van der Waals surface area contributed by atoms with Gasteiger partial charge in [0.05, 0.1) is 34.1 Å². The van der Waals surface area contributed by atoms with Crippen LogP contribution in [0.3, 0.4) is 0 Å². The van der Waals surface area contributed by atoms with Crippen LogP contribution in [0.5, 0.6) is 0 Å². The predicted octanol–water partition coefficient (Wildman–Crippen LogP) is 24.4. The van der Waals surface area contributed by atoms with Crippen LogP contribution in [0.4, 0.5) is 34.1 Å². The molecule has 8 aromatic rings. The smallest absolute Gasteiger partial charge is 0.0526 e. The highest BCUT2D eigenvalue weighted by Gasteiger charge is 2.43. The minimum atomic E-state index is -0.265. The first kappa shape index (κ1) is 63.9. The summed E-state index contributed by atoms with van der Waals surface area (Å²) >= 11 is 0. The number of hydrogen-bond donors (Lipinski definition) is 0. The first-order valence-corrected chi connectivity index (χ1v) is 32.2. The Labute approximate surface area is 522 Å². The lowest BCUT2D eigenvalue weighted by Gasteiger charge is -2.38. The molecule has 452 valence electrons. The van der Waals surface area contributed by atoms with Gasteiger partial charge in [-0.1, -0.05) is 13.8 Å². The van der Waals surface area contributed by atoms with Gasteiger partial charge in [0.2, 0.25) is 0 Å². The van der Waals surface area contributed by atoms with E-state index >= 15 is 0 Å². The molecule has 0 fully saturated rings. The molecule has 1 aliphatic rings. The Kier molecular flexibility index (Phi) is 16.0. The highest BCUT2D eigenvalue weighted by Crippen LogP contribution is 2.60. The Morgan fingerprint density at radius 3 is 0.640 bits per heavy atom. The van der Waals surface area contributed by atoms with Crippen molar-refractivity contribution in [3.8, 4) is 33.4 Å². The number of benzene rings is 8. The molecule has 2 nitrogen and oxygen atoms in total. The molecule has 0 bridgehead atoms. The fourth-order valence-electron chi connectivity index (χ4n) is 16.7. The van der Waals surface area contributed by atoms with Crippen molar-refractivity contribution in [1.82, 2.24) is 0 Å². The third-order valence-electron chi connectivity index (χ3n) is 24.6. The Balaban J connectivity index is 1.28. The molecule has 86 heavy (non-hydrogen) atoms. The molecule has 0 radical (unpaired) electrons. The average molecular weight is 1140 g/mol. The molecule has 8 aromatic carbocycles. The first-order chi connectivity index (χ1) is 39.8. The maximum atomic E-state index is 2.72. The van der Waals surface area contributed by atoms with Crippen LogP contribution in [0.2, 0.25) is 0 Å². The van der Waals surface area contributed by atoms with Gasteiger partial charge in [-0.05, 0) is 463 Å². The summed E-state index contributed by atoms with van der Waals surface area (Å²) in [6.07, 6.45) is 0. The standard InChI is InChI=1S/C84H106N2/c1-37-41(5)57(21)78(58(22)42(37)6)85(79-59(23)43(7)38(2)44(8)60(79)24)82-65(29)53(17)72(54(18)66(82)30)70-36-71-75(50(14)49(70)13)76-52(16)51(15)74(69(33)77(76)84(71,34)35)73-55(19)67(31)83(68(32)56(73)20)86(80-61(25)45(9)39(3)46(10)62(80)26)81-63(27)47(11)40(4)48(12)64(81)28/h36H,1-35H3. The van der Waals surface area contributed by atoms with Crippen LogP contribution < -0.4 is 9.80 Å². The van der Waals surface area contributed by atoms with Crippen molar-refractivity contribution in [2.75, 3.05) is 9.80 Å². The summed E-state index contributed by atoms with van der Waals surface area (Å²) in [5.41, 5.74) is 64.3. The molecule has 2 heteroatoms. The largest absolute Gasteiger partial charge is 0.309 e. The van der Waals surface area contributed by atoms with E-state index in [1.54, 1.807) is 0 Å². The van der Waals surface area contributed by atoms with Gasteiger partial charge in [0.15, 0.2) is 0 Å². The minimum absolute atomic E-state index is 0.265. The van der Waals surface area contributed by atoms with E-state index < -0.39 is 0 Å². The van der Waals surface area contributed by atoms with Gasteiger partial charge >= 0.3 is 0 Å². The van der Waals surface area contributed by atoms with E-state index in [0.29, 0.717) is 0 Å². The number of fused-ring (bicyclic) bond motifs is 3. The molecular weight excluding hydrogens is 1040 g/mol. The lowest BCUT2D eigenvalue weighted by atomic mass is 9.74. The molecular formula is C84H106N2. The zero-order chi connectivity index (χ0) is 64.5. The van der Waals surface area contributed by atoms with Crippen LogP contribution in [-0.2, 0) is 5.41 Å². The second-order valence-electron chi connectivity index (χ2n) is 28.2. The lowest BCUT2D eigenvalue weighted by molar-refractivity contribution is 0.655. The second kappa shape index (κ2) is 21.6. The molecule has 0 saturated carbocycles. The van der Waals surface area contributed by atoms with Gasteiger partial charge in [-0.25, -0.2) is 0 Å². The average Bonchev–Trinajstić information content (AvgIpc) is 1.44. The van der Waals surface area contributed by atoms with E-state index in [9.17, 15) is 0 Å². The highest BCUT2D eigenvalue weighted by molar-refractivity contribution is 5.99. The molecule has 0 aromatic heterocycles. The molecule has 0 aliphatic heterocycles. The number of rotatable bonds is 8. The number of nitrogens with zero attached hydrogens (tertiary/aromatic N) is 2. The fraction of sp³-hybridized carbons (Fsp3) is 0.429. The molecule has 0 heterocycles. The molecule has 9 rings (SSSR count). The van der Waals surface area contributed by atoms with Crippen molar-refractivity contribution in [3.05, 3.63) is 201 Å². The predicted molar refractivity (Wildman–Crippen MR) is 381 cm³/mol. The first-order valence-electron chi connectivity index (χ1n) is 32.2. The van der Waals surface area contributed by atoms with Crippen molar-refractivity contribution < 1.29 is 0 Å². The molecule has 0 saturated heterocycles. The maximum Gasteiger partial charge on any atom is 0.0526 e. The van der Waals surface area contributed by atoms with Crippen molar-refractivity contribution in [3.63, 3.8) is 0 Å². The number of hydrogen-bond acceptors (Lipinski definition) is 2. The van der Waals surface area contributed by atoms with Crippen LogP contribution in [0.15, 0.2) is 6.07 Å². The van der Waals surface area contributed by atoms with Crippen LogP contribution in [0, 0.1) is 228 Å². The maximum absolute atomic E-state index is 2.72. The zero-order valence-electron chi connectivity index (χ0n) is 60.5. The van der Waals surface area contributed by atoms with Gasteiger partial charge in [0.25, 0.3) is 0 Å². The third-order valence-corrected chi connectivity index (χ3v) is 24.6. The molecule has 1 aliphatic carbocycles. The SMILES string of the molecule is Cc1c(-c2c(C)c(C)c(N(c3c(C)c(C)c(C)c(C)c3C)c3c(C)c(C)c(C)c(C)c3C)c(C)c2C)cc2c(c1C)-c1c(C)c(C)c(-c3c(C)c(C)c(N(c4c(C)c(C)c(C)c(C)c4C)c4c(C)c(C)c(C)c(C)c4C)c(C)c3C)c(C)c1C2(C)C. The topological polar surface area (TPSA) is 6.48 Å². The van der Waals surface area contributed by atoms with Gasteiger partial charge in [-0.15, -0.1) is 0 Å². The molecule has 0 amide bonds. The fourth-order valence-corrected chi connectivity index (χ4v) is 16.7. The van der Waals surface area contributed by atoms with Crippen molar-refractivity contribution in [1.29, 1.82) is 0 Å². The summed E-state index contributed by atoms with van der Waals surface area (Å²) in [5.74, 6) is 0. The van der Waals surface area contributed by atoms with Crippen LogP contribution >= 0.6 is 0 Å². The Hall–Kier alpha value is -6.64. The van der Waals surface area contributed by atoms with Gasteiger partial charge < -0.3 is 9.80 Å². The van der Waals surface area contributed by atoms with E-state index in [0.717, 1.165) is 0 Å². The summed E-state index contributed by atoms with van der Waals surface area (Å²) in [6, 6.07) is 2.64. The quantitative estimate of drug-likeness (QED) is 0.150. The van der Waals surface area contributed by atoms with E-state index in [4.69, 9.17) is 0 Å². The van der Waals surface area contributed by atoms with Crippen molar-refractivity contribution in [2.45, 2.75) is 248 Å². The summed E-state index contributed by atoms with van der Waals surface area (Å²) in [5, 5.41) is 0. The molecule has 0 N–H and O–H groups in total. The zero-order valence-corrected chi connectivity index (χ0v) is 60.5. The monoisotopic (exact) mass is 1140 g/mol. The van der Waals surface area contributed by atoms with E-state index in [2.05, 4.69) is 258 Å². The molecule has 0 atom stereocenters. The minimum Gasteiger partial charge on any atom is -0.309 e. The van der Waals surface area contributed by atoms with E-state index in [-0.39, 0.29) is 5.41 Å². The molecule has 0 spiro atoms. The summed E-state index contributed by atoms with van der Waals surface area (Å²) in [7, 11) is 0. The normalized spacial score (nSPS) is 12.7. The Morgan fingerprint density at radius 2 is 0.372 bits per heavy atom. The number of anilines is 6. The van der Waals surface area contributed by atoms with Gasteiger partial charge in [-0.2, -0.15) is 0 Å².